The second-order valence-corrected chi connectivity index (χ2v) is 7.99. The number of imide groups is 2. The van der Waals surface area contributed by atoms with Gasteiger partial charge in [-0.1, -0.05) is 19.8 Å². The van der Waals surface area contributed by atoms with E-state index in [1.807, 2.05) is 6.92 Å². The Kier molecular flexibility index (Phi) is 4.76. The van der Waals surface area contributed by atoms with Gasteiger partial charge in [0.25, 0.3) is 5.69 Å². The zero-order valence-electron chi connectivity index (χ0n) is 16.3. The number of nitro groups is 1. The predicted molar refractivity (Wildman–Crippen MR) is 104 cm³/mol. The van der Waals surface area contributed by atoms with Crippen molar-refractivity contribution in [3.63, 3.8) is 0 Å². The normalized spacial score (nSPS) is 26.7. The van der Waals surface area contributed by atoms with Gasteiger partial charge >= 0.3 is 6.03 Å². The standard InChI is InChI=1S/C20H24N4O5/c1-2-9-23-18(26)20(17(25)21-19(23)27)12-13-11-14(24(28)29)7-8-15(13)22-10-5-3-4-6-16(20)22/h7-8,11,16H,2-6,9-10,12H2,1H3,(H,21,25,27)/t16-,20+/m0/s1. The molecule has 1 spiro atoms. The maximum atomic E-state index is 13.6. The summed E-state index contributed by atoms with van der Waals surface area (Å²) in [5.41, 5.74) is -0.0769. The third-order valence-electron chi connectivity index (χ3n) is 6.32. The number of nitrogens with zero attached hydrogens (tertiary/aromatic N) is 3. The van der Waals surface area contributed by atoms with Gasteiger partial charge in [0.2, 0.25) is 11.8 Å². The number of anilines is 1. The van der Waals surface area contributed by atoms with Gasteiger partial charge in [-0.25, -0.2) is 4.79 Å². The maximum Gasteiger partial charge on any atom is 0.330 e. The zero-order valence-corrected chi connectivity index (χ0v) is 16.3. The number of barbiturate groups is 1. The van der Waals surface area contributed by atoms with E-state index >= 15 is 0 Å². The van der Waals surface area contributed by atoms with E-state index < -0.39 is 28.2 Å². The molecule has 4 rings (SSSR count). The van der Waals surface area contributed by atoms with E-state index in [1.54, 1.807) is 6.07 Å². The highest BCUT2D eigenvalue weighted by Crippen LogP contribution is 2.47. The zero-order chi connectivity index (χ0) is 20.8. The van der Waals surface area contributed by atoms with Crippen LogP contribution in [0, 0.1) is 15.5 Å². The van der Waals surface area contributed by atoms with Crippen molar-refractivity contribution in [2.45, 2.75) is 51.5 Å². The van der Waals surface area contributed by atoms with Crippen molar-refractivity contribution in [1.82, 2.24) is 10.2 Å². The SMILES string of the molecule is CCCN1C(=O)NC(=O)[C@]2(Cc3cc([N+](=O)[O-])ccc3N3CCCCC[C@H]32)C1=O. The van der Waals surface area contributed by atoms with Gasteiger partial charge < -0.3 is 4.90 Å². The first kappa shape index (κ1) is 19.4. The third-order valence-corrected chi connectivity index (χ3v) is 6.32. The Morgan fingerprint density at radius 1 is 1.24 bits per heavy atom. The van der Waals surface area contributed by atoms with E-state index in [9.17, 15) is 24.5 Å². The molecule has 1 aromatic carbocycles. The van der Waals surface area contributed by atoms with Crippen molar-refractivity contribution in [2.75, 3.05) is 18.0 Å². The fourth-order valence-corrected chi connectivity index (χ4v) is 5.02. The second kappa shape index (κ2) is 7.13. The summed E-state index contributed by atoms with van der Waals surface area (Å²) in [7, 11) is 0. The molecule has 3 aliphatic rings. The molecular formula is C20H24N4O5. The maximum absolute atomic E-state index is 13.6. The van der Waals surface area contributed by atoms with E-state index in [2.05, 4.69) is 10.2 Å². The van der Waals surface area contributed by atoms with Crippen molar-refractivity contribution >= 4 is 29.2 Å². The molecule has 29 heavy (non-hydrogen) atoms. The van der Waals surface area contributed by atoms with Crippen molar-refractivity contribution in [3.8, 4) is 0 Å². The number of nitrogens with one attached hydrogen (secondary N) is 1. The Hall–Kier alpha value is -2.97. The van der Waals surface area contributed by atoms with Gasteiger partial charge in [-0.15, -0.1) is 0 Å². The molecule has 3 heterocycles. The molecule has 2 atom stereocenters. The number of benzene rings is 1. The third kappa shape index (κ3) is 2.87. The molecule has 9 heteroatoms. The lowest BCUT2D eigenvalue weighted by Crippen LogP contribution is -2.72. The van der Waals surface area contributed by atoms with Crippen LogP contribution in [0.15, 0.2) is 18.2 Å². The molecule has 0 unspecified atom stereocenters. The number of urea groups is 1. The lowest BCUT2D eigenvalue weighted by atomic mass is 9.67. The molecule has 2 fully saturated rings. The summed E-state index contributed by atoms with van der Waals surface area (Å²) in [5, 5.41) is 13.7. The van der Waals surface area contributed by atoms with Crippen molar-refractivity contribution in [2.24, 2.45) is 5.41 Å². The number of fused-ring (bicyclic) bond motifs is 4. The second-order valence-electron chi connectivity index (χ2n) is 7.99. The summed E-state index contributed by atoms with van der Waals surface area (Å²) in [4.78, 5) is 53.1. The Labute approximate surface area is 168 Å². The summed E-state index contributed by atoms with van der Waals surface area (Å²) in [5.74, 6) is -1.07. The minimum Gasteiger partial charge on any atom is -0.367 e. The van der Waals surface area contributed by atoms with Crippen LogP contribution in [-0.4, -0.2) is 46.8 Å². The number of carbonyl (C=O) groups excluding carboxylic acids is 3. The molecule has 9 nitrogen and oxygen atoms in total. The highest BCUT2D eigenvalue weighted by molar-refractivity contribution is 6.20. The predicted octanol–water partition coefficient (Wildman–Crippen LogP) is 2.37. The molecule has 154 valence electrons. The number of nitro benzene ring substituents is 1. The van der Waals surface area contributed by atoms with E-state index in [0.717, 1.165) is 29.8 Å². The smallest absolute Gasteiger partial charge is 0.330 e. The topological polar surface area (TPSA) is 113 Å². The van der Waals surface area contributed by atoms with Crippen LogP contribution in [0.1, 0.15) is 44.6 Å². The van der Waals surface area contributed by atoms with Crippen LogP contribution >= 0.6 is 0 Å². The van der Waals surface area contributed by atoms with E-state index in [-0.39, 0.29) is 24.7 Å². The number of hydrogen-bond acceptors (Lipinski definition) is 6. The first-order valence-corrected chi connectivity index (χ1v) is 10.1. The lowest BCUT2D eigenvalue weighted by Gasteiger charge is -2.51. The molecule has 0 aromatic heterocycles. The van der Waals surface area contributed by atoms with Gasteiger partial charge in [0.05, 0.1) is 11.0 Å². The van der Waals surface area contributed by atoms with Crippen LogP contribution in [0.3, 0.4) is 0 Å². The van der Waals surface area contributed by atoms with Crippen LogP contribution in [-0.2, 0) is 16.0 Å². The summed E-state index contributed by atoms with van der Waals surface area (Å²) in [6.45, 7) is 2.76. The quantitative estimate of drug-likeness (QED) is 0.473. The molecule has 0 bridgehead atoms. The number of carbonyl (C=O) groups is 3. The molecule has 0 saturated carbocycles. The van der Waals surface area contributed by atoms with Gasteiger partial charge in [0, 0.05) is 37.3 Å². The molecule has 1 N–H and O–H groups in total. The van der Waals surface area contributed by atoms with Crippen LogP contribution in [0.5, 0.6) is 0 Å². The van der Waals surface area contributed by atoms with Crippen LogP contribution in [0.4, 0.5) is 16.2 Å². The van der Waals surface area contributed by atoms with E-state index in [1.165, 1.54) is 12.1 Å². The summed E-state index contributed by atoms with van der Waals surface area (Å²) in [6, 6.07) is 3.59. The summed E-state index contributed by atoms with van der Waals surface area (Å²) >= 11 is 0. The molecule has 2 saturated heterocycles. The highest BCUT2D eigenvalue weighted by atomic mass is 16.6. The fourth-order valence-electron chi connectivity index (χ4n) is 5.02. The molecule has 1 aromatic rings. The van der Waals surface area contributed by atoms with Gasteiger partial charge in [0.1, 0.15) is 0 Å². The Morgan fingerprint density at radius 3 is 2.76 bits per heavy atom. The van der Waals surface area contributed by atoms with Gasteiger partial charge in [-0.2, -0.15) is 0 Å². The molecule has 0 aliphatic carbocycles. The fraction of sp³-hybridized carbons (Fsp3) is 0.550. The first-order valence-electron chi connectivity index (χ1n) is 10.1. The minimum atomic E-state index is -1.45. The largest absolute Gasteiger partial charge is 0.367 e. The van der Waals surface area contributed by atoms with Gasteiger partial charge in [-0.05, 0) is 30.9 Å². The van der Waals surface area contributed by atoms with E-state index in [0.29, 0.717) is 24.9 Å². The van der Waals surface area contributed by atoms with Crippen molar-refractivity contribution in [3.05, 3.63) is 33.9 Å². The van der Waals surface area contributed by atoms with Gasteiger partial charge in [0.15, 0.2) is 5.41 Å². The van der Waals surface area contributed by atoms with Crippen molar-refractivity contribution in [1.29, 1.82) is 0 Å². The lowest BCUT2D eigenvalue weighted by molar-refractivity contribution is -0.384. The number of non-ortho nitro benzene ring substituents is 1. The minimum absolute atomic E-state index is 0.0589. The van der Waals surface area contributed by atoms with Crippen molar-refractivity contribution < 1.29 is 19.3 Å². The van der Waals surface area contributed by atoms with Gasteiger partial charge in [-0.3, -0.25) is 29.9 Å². The van der Waals surface area contributed by atoms with Crippen LogP contribution in [0.25, 0.3) is 0 Å². The monoisotopic (exact) mass is 400 g/mol. The molecular weight excluding hydrogens is 376 g/mol. The Bertz CT molecular complexity index is 901. The average molecular weight is 400 g/mol. The molecule has 0 radical (unpaired) electrons. The first-order chi connectivity index (χ1) is 13.9. The summed E-state index contributed by atoms with van der Waals surface area (Å²) < 4.78 is 0. The molecule has 4 amide bonds. The summed E-state index contributed by atoms with van der Waals surface area (Å²) in [6.07, 6.45) is 4.08. The molecule has 3 aliphatic heterocycles. The highest BCUT2D eigenvalue weighted by Gasteiger charge is 2.61. The Morgan fingerprint density at radius 2 is 2.03 bits per heavy atom. The number of amides is 4. The Balaban J connectivity index is 1.88. The number of rotatable bonds is 3. The number of hydrogen-bond donors (Lipinski definition) is 1. The van der Waals surface area contributed by atoms with Crippen LogP contribution in [0.2, 0.25) is 0 Å². The average Bonchev–Trinajstić information content (AvgIpc) is 2.95. The van der Waals surface area contributed by atoms with Crippen LogP contribution < -0.4 is 10.2 Å². The van der Waals surface area contributed by atoms with E-state index in [4.69, 9.17) is 0 Å².